The number of allylic oxidation sites excluding steroid dienone is 7. The SMILES string of the molecule is CCCCCCCC/C=C\CCCCCCCCCCCC(=O)NC(COC1OC(CO)C(O)C(O)C1O)C(O)/C=C/CC/C=C/CC/C=C/CCCCCCCCCCCCCCCC. The molecule has 1 saturated heterocycles. The summed E-state index contributed by atoms with van der Waals surface area (Å²) >= 11 is 0. The molecule has 6 N–H and O–H groups in total. The molecular weight excluding hydrogens is 827 g/mol. The van der Waals surface area contributed by atoms with Crippen molar-refractivity contribution in [3.63, 3.8) is 0 Å². The molecule has 0 radical (unpaired) electrons. The van der Waals surface area contributed by atoms with Crippen LogP contribution in [0, 0.1) is 0 Å². The molecule has 0 saturated carbocycles. The molecule has 386 valence electrons. The molecule has 7 atom stereocenters. The van der Waals surface area contributed by atoms with Gasteiger partial charge in [-0.05, 0) is 70.6 Å². The van der Waals surface area contributed by atoms with E-state index in [1.165, 1.54) is 186 Å². The average Bonchev–Trinajstić information content (AvgIpc) is 3.32. The van der Waals surface area contributed by atoms with Crippen molar-refractivity contribution in [2.75, 3.05) is 13.2 Å². The van der Waals surface area contributed by atoms with Gasteiger partial charge >= 0.3 is 0 Å². The Labute approximate surface area is 405 Å². The van der Waals surface area contributed by atoms with Crippen LogP contribution >= 0.6 is 0 Å². The van der Waals surface area contributed by atoms with Gasteiger partial charge in [0.05, 0.1) is 25.4 Å². The molecule has 0 aromatic rings. The number of ether oxygens (including phenoxy) is 2. The summed E-state index contributed by atoms with van der Waals surface area (Å²) in [4.78, 5) is 13.0. The first kappa shape index (κ1) is 62.2. The molecule has 7 unspecified atom stereocenters. The number of unbranched alkanes of at least 4 members (excludes halogenated alkanes) is 31. The van der Waals surface area contributed by atoms with Crippen molar-refractivity contribution in [2.24, 2.45) is 0 Å². The summed E-state index contributed by atoms with van der Waals surface area (Å²) in [7, 11) is 0. The van der Waals surface area contributed by atoms with Crippen LogP contribution in [0.4, 0.5) is 0 Å². The van der Waals surface area contributed by atoms with E-state index in [-0.39, 0.29) is 12.5 Å². The van der Waals surface area contributed by atoms with Crippen molar-refractivity contribution in [3.05, 3.63) is 48.6 Å². The van der Waals surface area contributed by atoms with Gasteiger partial charge in [-0.25, -0.2) is 0 Å². The Hall–Kier alpha value is -1.85. The minimum Gasteiger partial charge on any atom is -0.394 e. The Bertz CT molecular complexity index is 1170. The van der Waals surface area contributed by atoms with Gasteiger partial charge in [-0.1, -0.05) is 223 Å². The molecule has 0 spiro atoms. The quantitative estimate of drug-likeness (QED) is 0.0261. The molecule has 0 aliphatic carbocycles. The van der Waals surface area contributed by atoms with Crippen LogP contribution in [-0.4, -0.2) is 87.5 Å². The van der Waals surface area contributed by atoms with E-state index < -0.39 is 49.5 Å². The third-order valence-corrected chi connectivity index (χ3v) is 13.1. The predicted molar refractivity (Wildman–Crippen MR) is 276 cm³/mol. The number of carbonyl (C=O) groups is 1. The lowest BCUT2D eigenvalue weighted by Crippen LogP contribution is -2.60. The molecule has 1 fully saturated rings. The molecule has 9 heteroatoms. The normalized spacial score (nSPS) is 20.1. The highest BCUT2D eigenvalue weighted by Crippen LogP contribution is 2.23. The Balaban J connectivity index is 2.29. The molecular formula is C57H105NO8. The van der Waals surface area contributed by atoms with Crippen molar-refractivity contribution in [3.8, 4) is 0 Å². The fourth-order valence-electron chi connectivity index (χ4n) is 8.65. The van der Waals surface area contributed by atoms with Crippen LogP contribution in [0.2, 0.25) is 0 Å². The Morgan fingerprint density at radius 1 is 0.500 bits per heavy atom. The van der Waals surface area contributed by atoms with Crippen molar-refractivity contribution in [1.29, 1.82) is 0 Å². The molecule has 0 bridgehead atoms. The lowest BCUT2D eigenvalue weighted by Gasteiger charge is -2.40. The molecule has 1 aliphatic rings. The summed E-state index contributed by atoms with van der Waals surface area (Å²) in [5, 5.41) is 54.4. The van der Waals surface area contributed by atoms with Crippen LogP contribution < -0.4 is 5.32 Å². The zero-order chi connectivity index (χ0) is 48.0. The molecule has 0 aromatic carbocycles. The fourth-order valence-corrected chi connectivity index (χ4v) is 8.65. The van der Waals surface area contributed by atoms with Crippen LogP contribution in [-0.2, 0) is 14.3 Å². The van der Waals surface area contributed by atoms with Gasteiger partial charge in [0.25, 0.3) is 0 Å². The molecule has 66 heavy (non-hydrogen) atoms. The van der Waals surface area contributed by atoms with Gasteiger partial charge in [0, 0.05) is 6.42 Å². The van der Waals surface area contributed by atoms with E-state index in [0.717, 1.165) is 44.9 Å². The van der Waals surface area contributed by atoms with Crippen LogP contribution in [0.15, 0.2) is 48.6 Å². The number of hydrogen-bond acceptors (Lipinski definition) is 8. The van der Waals surface area contributed by atoms with Crippen molar-refractivity contribution < 1.29 is 39.8 Å². The second kappa shape index (κ2) is 46.9. The lowest BCUT2D eigenvalue weighted by molar-refractivity contribution is -0.302. The molecule has 1 aliphatic heterocycles. The summed E-state index contributed by atoms with van der Waals surface area (Å²) in [6, 6.07) is -0.830. The van der Waals surface area contributed by atoms with E-state index in [1.807, 2.05) is 6.08 Å². The molecule has 9 nitrogen and oxygen atoms in total. The first-order chi connectivity index (χ1) is 32.3. The second-order valence-corrected chi connectivity index (χ2v) is 19.4. The summed E-state index contributed by atoms with van der Waals surface area (Å²) in [6.45, 7) is 3.77. The first-order valence-electron chi connectivity index (χ1n) is 27.9. The third-order valence-electron chi connectivity index (χ3n) is 13.1. The number of amides is 1. The van der Waals surface area contributed by atoms with Crippen molar-refractivity contribution in [2.45, 2.75) is 294 Å². The average molecular weight is 932 g/mol. The maximum atomic E-state index is 13.0. The third kappa shape index (κ3) is 36.2. The zero-order valence-corrected chi connectivity index (χ0v) is 42.7. The van der Waals surface area contributed by atoms with E-state index in [2.05, 4.69) is 55.6 Å². The van der Waals surface area contributed by atoms with Crippen LogP contribution in [0.5, 0.6) is 0 Å². The number of nitrogens with one attached hydrogen (secondary N) is 1. The first-order valence-corrected chi connectivity index (χ1v) is 27.9. The van der Waals surface area contributed by atoms with E-state index in [0.29, 0.717) is 6.42 Å². The maximum Gasteiger partial charge on any atom is 0.220 e. The number of aliphatic hydroxyl groups is 5. The maximum absolute atomic E-state index is 13.0. The largest absolute Gasteiger partial charge is 0.394 e. The Kier molecular flexibility index (Phi) is 44.1. The van der Waals surface area contributed by atoms with Gasteiger partial charge in [0.2, 0.25) is 5.91 Å². The summed E-state index contributed by atoms with van der Waals surface area (Å²) in [6.07, 6.45) is 54.6. The molecule has 1 rings (SSSR count). The van der Waals surface area contributed by atoms with Gasteiger partial charge in [0.15, 0.2) is 6.29 Å². The highest BCUT2D eigenvalue weighted by molar-refractivity contribution is 5.76. The monoisotopic (exact) mass is 932 g/mol. The van der Waals surface area contributed by atoms with Gasteiger partial charge in [0.1, 0.15) is 24.4 Å². The molecule has 0 aromatic heterocycles. The lowest BCUT2D eigenvalue weighted by atomic mass is 9.99. The van der Waals surface area contributed by atoms with Crippen LogP contribution in [0.1, 0.15) is 251 Å². The summed E-state index contributed by atoms with van der Waals surface area (Å²) in [5.74, 6) is -0.192. The number of rotatable bonds is 47. The molecule has 1 heterocycles. The number of hydrogen-bond donors (Lipinski definition) is 6. The van der Waals surface area contributed by atoms with Crippen molar-refractivity contribution in [1.82, 2.24) is 5.32 Å². The van der Waals surface area contributed by atoms with E-state index in [4.69, 9.17) is 9.47 Å². The van der Waals surface area contributed by atoms with Crippen LogP contribution in [0.25, 0.3) is 0 Å². The van der Waals surface area contributed by atoms with Gasteiger partial charge in [-0.3, -0.25) is 4.79 Å². The van der Waals surface area contributed by atoms with Gasteiger partial charge < -0.3 is 40.3 Å². The highest BCUT2D eigenvalue weighted by Gasteiger charge is 2.44. The van der Waals surface area contributed by atoms with Gasteiger partial charge in [-0.15, -0.1) is 0 Å². The number of aliphatic hydroxyl groups excluding tert-OH is 5. The fraction of sp³-hybridized carbons (Fsp3) is 0.842. The highest BCUT2D eigenvalue weighted by atomic mass is 16.7. The van der Waals surface area contributed by atoms with E-state index >= 15 is 0 Å². The topological polar surface area (TPSA) is 149 Å². The van der Waals surface area contributed by atoms with Gasteiger partial charge in [-0.2, -0.15) is 0 Å². The minimum absolute atomic E-state index is 0.192. The Morgan fingerprint density at radius 2 is 0.864 bits per heavy atom. The second-order valence-electron chi connectivity index (χ2n) is 19.4. The van der Waals surface area contributed by atoms with E-state index in [9.17, 15) is 30.3 Å². The summed E-state index contributed by atoms with van der Waals surface area (Å²) < 4.78 is 11.2. The van der Waals surface area contributed by atoms with E-state index in [1.54, 1.807) is 6.08 Å². The van der Waals surface area contributed by atoms with Crippen LogP contribution in [0.3, 0.4) is 0 Å². The smallest absolute Gasteiger partial charge is 0.220 e. The Morgan fingerprint density at radius 3 is 1.27 bits per heavy atom. The standard InChI is InChI=1S/C57H105NO8/c1-3-5-7-9-11-13-15-17-19-21-23-24-25-26-27-29-30-32-34-36-38-40-42-44-46-51(60)50(49-65-57-56(64)55(63)54(62)52(48-59)66-57)58-53(61)47-45-43-41-39-37-35-33-31-28-22-20-18-16-14-12-10-8-6-4-2/h18,20,29-30,36,38,44,46,50-52,54-57,59-60,62-64H,3-17,19,21-28,31-35,37,39-43,45,47-49H2,1-2H3,(H,58,61)/b20-18-,30-29+,38-36+,46-44+. The molecule has 1 amide bonds. The summed E-state index contributed by atoms with van der Waals surface area (Å²) in [5.41, 5.74) is 0. The predicted octanol–water partition coefficient (Wildman–Crippen LogP) is 13.3. The van der Waals surface area contributed by atoms with Crippen molar-refractivity contribution >= 4 is 5.91 Å². The minimum atomic E-state index is -1.58. The zero-order valence-electron chi connectivity index (χ0n) is 42.7. The number of carbonyl (C=O) groups excluding carboxylic acids is 1.